The number of aliphatic hydroxyl groups is 1. The molecule has 2 rings (SSSR count). The summed E-state index contributed by atoms with van der Waals surface area (Å²) in [6.07, 6.45) is -5.28. The molecule has 0 heterocycles. The predicted octanol–water partition coefficient (Wildman–Crippen LogP) is 1.79. The van der Waals surface area contributed by atoms with E-state index < -0.39 is 79.3 Å². The van der Waals surface area contributed by atoms with Crippen molar-refractivity contribution in [2.24, 2.45) is 5.73 Å². The maximum absolute atomic E-state index is 12.8. The number of phenols is 2. The molecule has 17 heteroatoms. The van der Waals surface area contributed by atoms with E-state index in [1.54, 1.807) is 4.72 Å². The van der Waals surface area contributed by atoms with Gasteiger partial charge in [0.05, 0.1) is 22.9 Å². The van der Waals surface area contributed by atoms with Crippen LogP contribution in [0.2, 0.25) is 5.02 Å². The third-order valence-electron chi connectivity index (χ3n) is 3.92. The molecule has 2 amide bonds. The number of phenolic OH excluding ortho intramolecular Hbond substituents is 2. The number of nitrogens with one attached hydrogen (secondary N) is 2. The van der Waals surface area contributed by atoms with E-state index in [0.717, 1.165) is 12.1 Å². The largest absolute Gasteiger partial charge is 0.573 e. The number of amides is 2. The number of carbonyl (C=O) groups excluding carboxylic acids is 2. The Balaban J connectivity index is 2.61. The van der Waals surface area contributed by atoms with Crippen LogP contribution in [0.25, 0.3) is 0 Å². The highest BCUT2D eigenvalue weighted by atomic mass is 79.9. The fourth-order valence-corrected chi connectivity index (χ4v) is 4.66. The van der Waals surface area contributed by atoms with Gasteiger partial charge in [-0.15, -0.1) is 13.2 Å². The minimum Gasteiger partial charge on any atom is -0.505 e. The Labute approximate surface area is 202 Å². The third-order valence-corrected chi connectivity index (χ3v) is 6.04. The molecule has 0 aliphatic rings. The van der Waals surface area contributed by atoms with Crippen molar-refractivity contribution in [3.8, 4) is 17.2 Å². The highest BCUT2D eigenvalue weighted by molar-refractivity contribution is 9.10. The highest BCUT2D eigenvalue weighted by Gasteiger charge is 2.33. The Morgan fingerprint density at radius 1 is 1.18 bits per heavy atom. The molecular formula is C17H14BrClF3N3O8S. The molecule has 34 heavy (non-hydrogen) atoms. The number of anilines is 1. The number of ether oxygens (including phenoxy) is 1. The maximum Gasteiger partial charge on any atom is 0.573 e. The van der Waals surface area contributed by atoms with Gasteiger partial charge in [-0.1, -0.05) is 27.5 Å². The molecule has 0 aliphatic carbocycles. The lowest BCUT2D eigenvalue weighted by Gasteiger charge is -2.18. The number of aliphatic hydroxyl groups excluding tert-OH is 1. The molecule has 0 saturated heterocycles. The standard InChI is InChI=1S/C17H14BrClF3N3O8S/c18-6-1-9(19)14(28)12(2-6)34(31,32)25-10-4-7(33-17(20,21)22)3-8(13(10)27)16(30)24-11(5-26)15(23)29/h1-4,11,25-28H,5H2,(H2,23,29)(H,24,30)/t11-/m0/s1. The first-order chi connectivity index (χ1) is 15.6. The molecule has 0 radical (unpaired) electrons. The maximum atomic E-state index is 12.8. The Bertz CT molecular complexity index is 1240. The fourth-order valence-electron chi connectivity index (χ4n) is 2.44. The normalized spacial score (nSPS) is 12.6. The minimum absolute atomic E-state index is 0.107. The number of sulfonamides is 1. The van der Waals surface area contributed by atoms with Crippen molar-refractivity contribution >= 4 is 55.1 Å². The van der Waals surface area contributed by atoms with Crippen molar-refractivity contribution < 1.29 is 51.2 Å². The smallest absolute Gasteiger partial charge is 0.505 e. The lowest BCUT2D eigenvalue weighted by molar-refractivity contribution is -0.274. The molecule has 186 valence electrons. The van der Waals surface area contributed by atoms with E-state index >= 15 is 0 Å². The molecule has 1 atom stereocenters. The molecule has 0 fully saturated rings. The van der Waals surface area contributed by atoms with Gasteiger partial charge >= 0.3 is 6.36 Å². The van der Waals surface area contributed by atoms with Gasteiger partial charge in [-0.25, -0.2) is 8.42 Å². The lowest BCUT2D eigenvalue weighted by Crippen LogP contribution is -2.46. The molecule has 0 bridgehead atoms. The zero-order valence-corrected chi connectivity index (χ0v) is 19.5. The van der Waals surface area contributed by atoms with E-state index in [4.69, 9.17) is 22.4 Å². The molecule has 11 nitrogen and oxygen atoms in total. The van der Waals surface area contributed by atoms with Crippen LogP contribution in [0.3, 0.4) is 0 Å². The first kappa shape index (κ1) is 27.3. The van der Waals surface area contributed by atoms with Gasteiger partial charge < -0.3 is 31.1 Å². The van der Waals surface area contributed by atoms with Crippen molar-refractivity contribution in [1.29, 1.82) is 0 Å². The fraction of sp³-hybridized carbons (Fsp3) is 0.176. The Morgan fingerprint density at radius 3 is 2.32 bits per heavy atom. The van der Waals surface area contributed by atoms with Gasteiger partial charge in [0.15, 0.2) is 11.5 Å². The first-order valence-electron chi connectivity index (χ1n) is 8.60. The number of hydrogen-bond acceptors (Lipinski definition) is 8. The van der Waals surface area contributed by atoms with Crippen LogP contribution in [-0.2, 0) is 14.8 Å². The zero-order chi connectivity index (χ0) is 26.0. The summed E-state index contributed by atoms with van der Waals surface area (Å²) in [6, 6.07) is 1.19. The quantitative estimate of drug-likeness (QED) is 0.250. The molecular weight excluding hydrogens is 579 g/mol. The van der Waals surface area contributed by atoms with Crippen molar-refractivity contribution in [3.05, 3.63) is 39.3 Å². The minimum atomic E-state index is -5.28. The summed E-state index contributed by atoms with van der Waals surface area (Å²) in [7, 11) is -4.81. The van der Waals surface area contributed by atoms with Crippen molar-refractivity contribution in [3.63, 3.8) is 0 Å². The second kappa shape index (κ2) is 10.1. The highest BCUT2D eigenvalue weighted by Crippen LogP contribution is 2.39. The SMILES string of the molecule is NC(=O)[C@H](CO)NC(=O)c1cc(OC(F)(F)F)cc(NS(=O)(=O)c2cc(Br)cc(Cl)c2O)c1O. The second-order valence-electron chi connectivity index (χ2n) is 6.37. The lowest BCUT2D eigenvalue weighted by atomic mass is 10.1. The molecule has 0 aliphatic heterocycles. The van der Waals surface area contributed by atoms with Crippen LogP contribution in [0, 0.1) is 0 Å². The van der Waals surface area contributed by atoms with Crippen molar-refractivity contribution in [1.82, 2.24) is 5.32 Å². The van der Waals surface area contributed by atoms with E-state index in [1.165, 1.54) is 0 Å². The van der Waals surface area contributed by atoms with Crippen molar-refractivity contribution in [2.45, 2.75) is 17.3 Å². The summed E-state index contributed by atoms with van der Waals surface area (Å²) in [5, 5.41) is 30.9. The summed E-state index contributed by atoms with van der Waals surface area (Å²) >= 11 is 8.70. The third kappa shape index (κ3) is 6.55. The average molecular weight is 593 g/mol. The summed E-state index contributed by atoms with van der Waals surface area (Å²) in [4.78, 5) is 22.8. The zero-order valence-electron chi connectivity index (χ0n) is 16.4. The van der Waals surface area contributed by atoms with Gasteiger partial charge in [0.2, 0.25) is 5.91 Å². The predicted molar refractivity (Wildman–Crippen MR) is 114 cm³/mol. The van der Waals surface area contributed by atoms with Gasteiger partial charge in [0, 0.05) is 10.5 Å². The van der Waals surface area contributed by atoms with Crippen LogP contribution in [0.4, 0.5) is 18.9 Å². The number of primary amides is 1. The van der Waals surface area contributed by atoms with Gasteiger partial charge in [-0.3, -0.25) is 14.3 Å². The van der Waals surface area contributed by atoms with Crippen LogP contribution < -0.4 is 20.5 Å². The molecule has 2 aromatic rings. The number of halogens is 5. The van der Waals surface area contributed by atoms with Gasteiger partial charge in [0.1, 0.15) is 16.7 Å². The van der Waals surface area contributed by atoms with Crippen LogP contribution in [0.1, 0.15) is 10.4 Å². The van der Waals surface area contributed by atoms with Crippen molar-refractivity contribution in [2.75, 3.05) is 11.3 Å². The second-order valence-corrected chi connectivity index (χ2v) is 9.34. The number of nitrogens with two attached hydrogens (primary N) is 1. The van der Waals surface area contributed by atoms with Crippen LogP contribution >= 0.6 is 27.5 Å². The number of rotatable bonds is 8. The molecule has 0 saturated carbocycles. The Hall–Kier alpha value is -2.95. The molecule has 7 N–H and O–H groups in total. The summed E-state index contributed by atoms with van der Waals surface area (Å²) < 4.78 is 69.3. The summed E-state index contributed by atoms with van der Waals surface area (Å²) in [5.41, 5.74) is 3.01. The van der Waals surface area contributed by atoms with E-state index in [9.17, 15) is 41.4 Å². The Morgan fingerprint density at radius 2 is 1.79 bits per heavy atom. The number of alkyl halides is 3. The van der Waals surface area contributed by atoms with E-state index in [0.29, 0.717) is 12.1 Å². The number of carbonyl (C=O) groups is 2. The number of hydrogen-bond donors (Lipinski definition) is 6. The Kier molecular flexibility index (Phi) is 8.13. The van der Waals surface area contributed by atoms with Crippen LogP contribution in [0.15, 0.2) is 33.6 Å². The first-order valence-corrected chi connectivity index (χ1v) is 11.3. The van der Waals surface area contributed by atoms with E-state index in [1.807, 2.05) is 5.32 Å². The van der Waals surface area contributed by atoms with E-state index in [2.05, 4.69) is 20.7 Å². The molecule has 2 aromatic carbocycles. The molecule has 0 unspecified atom stereocenters. The van der Waals surface area contributed by atoms with Gasteiger partial charge in [-0.05, 0) is 18.2 Å². The van der Waals surface area contributed by atoms with Gasteiger partial charge in [-0.2, -0.15) is 0 Å². The van der Waals surface area contributed by atoms with Crippen LogP contribution in [-0.4, -0.2) is 54.6 Å². The topological polar surface area (TPSA) is 188 Å². The monoisotopic (exact) mass is 591 g/mol. The summed E-state index contributed by atoms with van der Waals surface area (Å²) in [5.74, 6) is -5.84. The summed E-state index contributed by atoms with van der Waals surface area (Å²) in [6.45, 7) is -0.983. The van der Waals surface area contributed by atoms with E-state index in [-0.39, 0.29) is 4.47 Å². The van der Waals surface area contributed by atoms with Gasteiger partial charge in [0.25, 0.3) is 15.9 Å². The molecule has 0 aromatic heterocycles. The van der Waals surface area contributed by atoms with Crippen LogP contribution in [0.5, 0.6) is 17.2 Å². The molecule has 0 spiro atoms. The number of benzene rings is 2. The number of aromatic hydroxyl groups is 2. The average Bonchev–Trinajstić information content (AvgIpc) is 2.69.